The first-order chi connectivity index (χ1) is 21.6. The summed E-state index contributed by atoms with van der Waals surface area (Å²) in [5.74, 6) is 3.07. The molecule has 1 aliphatic carbocycles. The van der Waals surface area contributed by atoms with E-state index in [1.165, 1.54) is 135 Å². The summed E-state index contributed by atoms with van der Waals surface area (Å²) < 4.78 is 2.27. The predicted octanol–water partition coefficient (Wildman–Crippen LogP) is 10.5. The molecule has 0 bridgehead atoms. The van der Waals surface area contributed by atoms with Crippen molar-refractivity contribution in [2.24, 2.45) is 17.8 Å². The van der Waals surface area contributed by atoms with Gasteiger partial charge in [-0.05, 0) is 70.9 Å². The third-order valence-corrected chi connectivity index (χ3v) is 10.2. The maximum absolute atomic E-state index is 13.1. The Bertz CT molecular complexity index is 837. The summed E-state index contributed by atoms with van der Waals surface area (Å²) in [6.07, 6.45) is 34.8. The van der Waals surface area contributed by atoms with Crippen molar-refractivity contribution in [3.8, 4) is 0 Å². The highest BCUT2D eigenvalue weighted by atomic mass is 16.1. The summed E-state index contributed by atoms with van der Waals surface area (Å²) in [5, 5.41) is 0. The maximum Gasteiger partial charge on any atom is 0.135 e. The van der Waals surface area contributed by atoms with E-state index < -0.39 is 0 Å². The molecule has 5 heteroatoms. The lowest BCUT2D eigenvalue weighted by Gasteiger charge is -2.23. The number of Topliss-reactive ketones (excluding diaryl/α,β-unsaturated/α-hetero) is 1. The summed E-state index contributed by atoms with van der Waals surface area (Å²) in [5.41, 5.74) is 0. The van der Waals surface area contributed by atoms with Crippen LogP contribution < -0.4 is 0 Å². The molecule has 254 valence electrons. The van der Waals surface area contributed by atoms with Crippen molar-refractivity contribution in [1.82, 2.24) is 14.5 Å². The van der Waals surface area contributed by atoms with Crippen LogP contribution >= 0.6 is 0 Å². The van der Waals surface area contributed by atoms with Gasteiger partial charge < -0.3 is 14.3 Å². The second kappa shape index (κ2) is 25.7. The Hall–Kier alpha value is -1.49. The van der Waals surface area contributed by atoms with E-state index in [0.717, 1.165) is 57.3 Å². The van der Waals surface area contributed by atoms with Gasteiger partial charge in [-0.2, -0.15) is 0 Å². The number of ketones is 1. The largest absolute Gasteiger partial charge is 0.334 e. The number of aldehydes is 1. The standard InChI is InChI=1S/C39H71N3O2/c1-4-6-8-10-12-18-24-36(23-17-9-7-5-2)39(44)26-20-13-11-15-21-28-41(31-32-42-30-27-40-35(42)3)29-22-16-14-19-25-37-33-38(37)34-43/h27,30,34,36-38H,4-26,28-29,31-33H2,1-3H3. The number of rotatable bonds is 32. The van der Waals surface area contributed by atoms with Crippen LogP contribution in [0.15, 0.2) is 12.4 Å². The molecule has 1 aromatic rings. The molecule has 0 aromatic carbocycles. The number of carbonyl (C=O) groups is 2. The molecule has 0 aliphatic heterocycles. The van der Waals surface area contributed by atoms with Crippen LogP contribution in [0.25, 0.3) is 0 Å². The monoisotopic (exact) mass is 614 g/mol. The van der Waals surface area contributed by atoms with Gasteiger partial charge in [0.2, 0.25) is 0 Å². The van der Waals surface area contributed by atoms with Crippen LogP contribution in [0.2, 0.25) is 0 Å². The van der Waals surface area contributed by atoms with E-state index in [1.54, 1.807) is 0 Å². The Kier molecular flexibility index (Phi) is 22.6. The number of aryl methyl sites for hydroxylation is 1. The van der Waals surface area contributed by atoms with Gasteiger partial charge in [0.25, 0.3) is 0 Å². The molecular formula is C39H71N3O2. The highest BCUT2D eigenvalue weighted by molar-refractivity contribution is 5.80. The van der Waals surface area contributed by atoms with Gasteiger partial charge in [0, 0.05) is 43.7 Å². The average molecular weight is 614 g/mol. The lowest BCUT2D eigenvalue weighted by molar-refractivity contribution is -0.123. The third kappa shape index (κ3) is 18.5. The molecule has 1 aromatic heterocycles. The Morgan fingerprint density at radius 2 is 1.39 bits per heavy atom. The lowest BCUT2D eigenvalue weighted by Crippen LogP contribution is -2.30. The number of unbranched alkanes of at least 4 members (excludes halogenated alkanes) is 15. The van der Waals surface area contributed by atoms with E-state index in [-0.39, 0.29) is 0 Å². The Morgan fingerprint density at radius 1 is 0.818 bits per heavy atom. The SMILES string of the molecule is CCCCCCCCC(CCCCCC)C(=O)CCCCCCCN(CCCCCCC1CC1C=O)CCn1ccnc1C. The predicted molar refractivity (Wildman–Crippen MR) is 187 cm³/mol. The van der Waals surface area contributed by atoms with Crippen LogP contribution in [0.4, 0.5) is 0 Å². The molecule has 2 rings (SSSR count). The zero-order valence-corrected chi connectivity index (χ0v) is 29.4. The van der Waals surface area contributed by atoms with E-state index in [4.69, 9.17) is 0 Å². The Balaban J connectivity index is 1.61. The number of carbonyl (C=O) groups excluding carboxylic acids is 2. The van der Waals surface area contributed by atoms with Gasteiger partial charge in [-0.1, -0.05) is 117 Å². The minimum absolute atomic E-state index is 0.327. The van der Waals surface area contributed by atoms with Crippen molar-refractivity contribution in [2.45, 2.75) is 181 Å². The normalized spacial score (nSPS) is 16.9. The molecule has 3 atom stereocenters. The van der Waals surface area contributed by atoms with E-state index in [0.29, 0.717) is 23.5 Å². The number of hydrogen-bond acceptors (Lipinski definition) is 4. The summed E-state index contributed by atoms with van der Waals surface area (Å²) in [4.78, 5) is 31.1. The van der Waals surface area contributed by atoms with Crippen molar-refractivity contribution in [3.63, 3.8) is 0 Å². The van der Waals surface area contributed by atoms with Gasteiger partial charge >= 0.3 is 0 Å². The van der Waals surface area contributed by atoms with Gasteiger partial charge in [0.1, 0.15) is 17.9 Å². The fraction of sp³-hybridized carbons (Fsp3) is 0.872. The van der Waals surface area contributed by atoms with Gasteiger partial charge in [-0.3, -0.25) is 4.79 Å². The van der Waals surface area contributed by atoms with Gasteiger partial charge in [-0.25, -0.2) is 4.98 Å². The molecule has 0 N–H and O–H groups in total. The smallest absolute Gasteiger partial charge is 0.135 e. The molecule has 1 fully saturated rings. The summed E-state index contributed by atoms with van der Waals surface area (Å²) >= 11 is 0. The highest BCUT2D eigenvalue weighted by Crippen LogP contribution is 2.40. The molecule has 5 nitrogen and oxygen atoms in total. The average Bonchev–Trinajstić information content (AvgIpc) is 3.68. The Morgan fingerprint density at radius 3 is 1.98 bits per heavy atom. The van der Waals surface area contributed by atoms with Crippen LogP contribution in [-0.2, 0) is 16.1 Å². The van der Waals surface area contributed by atoms with Crippen molar-refractivity contribution in [2.75, 3.05) is 19.6 Å². The third-order valence-electron chi connectivity index (χ3n) is 10.2. The van der Waals surface area contributed by atoms with Crippen LogP contribution in [0.1, 0.15) is 174 Å². The minimum atomic E-state index is 0.327. The van der Waals surface area contributed by atoms with E-state index >= 15 is 0 Å². The van der Waals surface area contributed by atoms with Crippen LogP contribution in [0.5, 0.6) is 0 Å². The van der Waals surface area contributed by atoms with Crippen LogP contribution in [-0.4, -0.2) is 46.2 Å². The van der Waals surface area contributed by atoms with Crippen LogP contribution in [0.3, 0.4) is 0 Å². The fourth-order valence-corrected chi connectivity index (χ4v) is 6.91. The molecule has 1 saturated carbocycles. The molecule has 0 saturated heterocycles. The van der Waals surface area contributed by atoms with E-state index in [2.05, 4.69) is 41.4 Å². The second-order valence-electron chi connectivity index (χ2n) is 14.1. The van der Waals surface area contributed by atoms with Crippen molar-refractivity contribution >= 4 is 12.1 Å². The van der Waals surface area contributed by atoms with Crippen molar-refractivity contribution in [1.29, 1.82) is 0 Å². The maximum atomic E-state index is 13.1. The molecule has 44 heavy (non-hydrogen) atoms. The van der Waals surface area contributed by atoms with E-state index in [9.17, 15) is 9.59 Å². The first-order valence-electron chi connectivity index (χ1n) is 19.3. The number of nitrogens with zero attached hydrogens (tertiary/aromatic N) is 3. The zero-order valence-electron chi connectivity index (χ0n) is 29.4. The van der Waals surface area contributed by atoms with Crippen LogP contribution in [0, 0.1) is 24.7 Å². The highest BCUT2D eigenvalue weighted by Gasteiger charge is 2.35. The number of imidazole rings is 1. The molecule has 3 unspecified atom stereocenters. The van der Waals surface area contributed by atoms with Crippen molar-refractivity contribution < 1.29 is 9.59 Å². The number of hydrogen-bond donors (Lipinski definition) is 0. The zero-order chi connectivity index (χ0) is 31.7. The number of aromatic nitrogens is 2. The molecule has 0 spiro atoms. The summed E-state index contributed by atoms with van der Waals surface area (Å²) in [6, 6.07) is 0. The summed E-state index contributed by atoms with van der Waals surface area (Å²) in [6.45, 7) is 11.1. The molecule has 0 radical (unpaired) electrons. The van der Waals surface area contributed by atoms with Gasteiger partial charge in [0.15, 0.2) is 0 Å². The van der Waals surface area contributed by atoms with Gasteiger partial charge in [-0.15, -0.1) is 0 Å². The van der Waals surface area contributed by atoms with Crippen molar-refractivity contribution in [3.05, 3.63) is 18.2 Å². The summed E-state index contributed by atoms with van der Waals surface area (Å²) in [7, 11) is 0. The fourth-order valence-electron chi connectivity index (χ4n) is 6.91. The molecule has 1 heterocycles. The first-order valence-corrected chi connectivity index (χ1v) is 19.3. The molecule has 1 aliphatic rings. The molecule has 0 amide bonds. The second-order valence-corrected chi connectivity index (χ2v) is 14.1. The lowest BCUT2D eigenvalue weighted by atomic mass is 9.88. The molecular weight excluding hydrogens is 542 g/mol. The topological polar surface area (TPSA) is 55.2 Å². The first kappa shape index (κ1) is 38.7. The van der Waals surface area contributed by atoms with E-state index in [1.807, 2.05) is 6.20 Å². The van der Waals surface area contributed by atoms with Gasteiger partial charge in [0.05, 0.1) is 0 Å². The minimum Gasteiger partial charge on any atom is -0.334 e. The Labute approximate surface area is 272 Å². The quantitative estimate of drug-likeness (QED) is 0.0599.